The zero-order valence-corrected chi connectivity index (χ0v) is 15.0. The molecule has 128 valence electrons. The van der Waals surface area contributed by atoms with E-state index in [0.29, 0.717) is 23.7 Å². The number of hydrogen-bond acceptors (Lipinski definition) is 6. The summed E-state index contributed by atoms with van der Waals surface area (Å²) in [6, 6.07) is 14.3. The molecule has 0 saturated carbocycles. The van der Waals surface area contributed by atoms with Gasteiger partial charge in [-0.25, -0.2) is 4.79 Å². The van der Waals surface area contributed by atoms with Gasteiger partial charge in [-0.05, 0) is 43.3 Å². The van der Waals surface area contributed by atoms with Crippen LogP contribution in [0.25, 0.3) is 11.4 Å². The van der Waals surface area contributed by atoms with E-state index in [1.165, 1.54) is 0 Å². The molecule has 0 aliphatic heterocycles. The van der Waals surface area contributed by atoms with Crippen molar-refractivity contribution >= 4 is 21.9 Å². The van der Waals surface area contributed by atoms with Crippen LogP contribution in [0.4, 0.5) is 0 Å². The fraction of sp³-hybridized carbons (Fsp3) is 0.167. The minimum absolute atomic E-state index is 0.0902. The van der Waals surface area contributed by atoms with E-state index in [4.69, 9.17) is 14.0 Å². The molecule has 0 aliphatic rings. The average molecular weight is 403 g/mol. The predicted octanol–water partition coefficient (Wildman–Crippen LogP) is 4.25. The second kappa shape index (κ2) is 7.94. The molecule has 0 fully saturated rings. The molecule has 1 aromatic heterocycles. The maximum absolute atomic E-state index is 12.0. The van der Waals surface area contributed by atoms with E-state index in [-0.39, 0.29) is 12.5 Å². The highest BCUT2D eigenvalue weighted by molar-refractivity contribution is 9.10. The lowest BCUT2D eigenvalue weighted by Gasteiger charge is -2.04. The van der Waals surface area contributed by atoms with Gasteiger partial charge in [0.15, 0.2) is 6.61 Å². The Labute approximate surface area is 152 Å². The molecule has 3 aromatic rings. The van der Waals surface area contributed by atoms with Crippen LogP contribution in [0.15, 0.2) is 57.5 Å². The number of carbonyl (C=O) groups excluding carboxylic acids is 1. The zero-order chi connectivity index (χ0) is 17.6. The van der Waals surface area contributed by atoms with Gasteiger partial charge in [0.05, 0.1) is 12.2 Å². The van der Waals surface area contributed by atoms with Crippen LogP contribution in [0.3, 0.4) is 0 Å². The summed E-state index contributed by atoms with van der Waals surface area (Å²) in [6.07, 6.45) is 0. The second-order valence-corrected chi connectivity index (χ2v) is 5.97. The maximum atomic E-state index is 12.0. The van der Waals surface area contributed by atoms with Gasteiger partial charge in [-0.1, -0.05) is 33.2 Å². The van der Waals surface area contributed by atoms with Crippen LogP contribution in [0.1, 0.15) is 23.2 Å². The van der Waals surface area contributed by atoms with Gasteiger partial charge in [-0.3, -0.25) is 0 Å². The molecule has 2 aromatic carbocycles. The third kappa shape index (κ3) is 4.45. The first kappa shape index (κ1) is 17.2. The smallest absolute Gasteiger partial charge is 0.338 e. The van der Waals surface area contributed by atoms with Gasteiger partial charge < -0.3 is 14.0 Å². The summed E-state index contributed by atoms with van der Waals surface area (Å²) in [4.78, 5) is 16.3. The molecule has 6 nitrogen and oxygen atoms in total. The summed E-state index contributed by atoms with van der Waals surface area (Å²) in [5, 5.41) is 3.90. The van der Waals surface area contributed by atoms with Crippen molar-refractivity contribution in [2.24, 2.45) is 0 Å². The Kier molecular flexibility index (Phi) is 5.45. The van der Waals surface area contributed by atoms with Crippen molar-refractivity contribution in [3.63, 3.8) is 0 Å². The summed E-state index contributed by atoms with van der Waals surface area (Å²) in [7, 11) is 0. The van der Waals surface area contributed by atoms with E-state index < -0.39 is 5.97 Å². The summed E-state index contributed by atoms with van der Waals surface area (Å²) < 4.78 is 16.6. The Morgan fingerprint density at radius 1 is 1.20 bits per heavy atom. The Morgan fingerprint density at radius 2 is 2.00 bits per heavy atom. The lowest BCUT2D eigenvalue weighted by Crippen LogP contribution is -2.05. The summed E-state index contributed by atoms with van der Waals surface area (Å²) >= 11 is 3.39. The molecular formula is C18H15BrN2O4. The lowest BCUT2D eigenvalue weighted by molar-refractivity contribution is 0.0430. The van der Waals surface area contributed by atoms with Crippen LogP contribution in [0.5, 0.6) is 5.75 Å². The number of aromatic nitrogens is 2. The Morgan fingerprint density at radius 3 is 2.72 bits per heavy atom. The monoisotopic (exact) mass is 402 g/mol. The van der Waals surface area contributed by atoms with Crippen molar-refractivity contribution in [2.45, 2.75) is 13.5 Å². The lowest BCUT2D eigenvalue weighted by atomic mass is 10.2. The van der Waals surface area contributed by atoms with Crippen LogP contribution in [-0.2, 0) is 11.3 Å². The summed E-state index contributed by atoms with van der Waals surface area (Å²) in [6.45, 7) is 2.38. The standard InChI is InChI=1S/C18H15BrN2O4/c1-2-23-15-8-6-12(7-9-15)18(22)24-11-16-20-17(21-25-16)13-4-3-5-14(19)10-13/h3-10H,2,11H2,1H3. The Bertz CT molecular complexity index is 862. The molecule has 0 atom stereocenters. The van der Waals surface area contributed by atoms with E-state index in [2.05, 4.69) is 26.1 Å². The van der Waals surface area contributed by atoms with Crippen molar-refractivity contribution in [1.82, 2.24) is 10.1 Å². The number of ether oxygens (including phenoxy) is 2. The SMILES string of the molecule is CCOc1ccc(C(=O)OCc2nc(-c3cccc(Br)c3)no2)cc1. The summed E-state index contributed by atoms with van der Waals surface area (Å²) in [5.41, 5.74) is 1.23. The van der Waals surface area contributed by atoms with E-state index in [0.717, 1.165) is 10.0 Å². The third-order valence-electron chi connectivity index (χ3n) is 3.28. The van der Waals surface area contributed by atoms with Gasteiger partial charge in [-0.15, -0.1) is 0 Å². The first-order valence-electron chi connectivity index (χ1n) is 7.64. The number of carbonyl (C=O) groups is 1. The number of hydrogen-bond donors (Lipinski definition) is 0. The predicted molar refractivity (Wildman–Crippen MR) is 94.2 cm³/mol. The molecule has 7 heteroatoms. The van der Waals surface area contributed by atoms with Gasteiger partial charge in [-0.2, -0.15) is 4.98 Å². The Balaban J connectivity index is 1.61. The van der Waals surface area contributed by atoms with Crippen LogP contribution < -0.4 is 4.74 Å². The van der Waals surface area contributed by atoms with E-state index in [9.17, 15) is 4.79 Å². The van der Waals surface area contributed by atoms with Gasteiger partial charge >= 0.3 is 5.97 Å². The van der Waals surface area contributed by atoms with Crippen LogP contribution in [0.2, 0.25) is 0 Å². The van der Waals surface area contributed by atoms with Crippen molar-refractivity contribution in [1.29, 1.82) is 0 Å². The molecular weight excluding hydrogens is 388 g/mol. The maximum Gasteiger partial charge on any atom is 0.338 e. The number of esters is 1. The first-order chi connectivity index (χ1) is 12.2. The first-order valence-corrected chi connectivity index (χ1v) is 8.43. The van der Waals surface area contributed by atoms with E-state index >= 15 is 0 Å². The molecule has 0 amide bonds. The average Bonchev–Trinajstić information content (AvgIpc) is 3.10. The highest BCUT2D eigenvalue weighted by atomic mass is 79.9. The normalized spacial score (nSPS) is 10.5. The van der Waals surface area contributed by atoms with Crippen molar-refractivity contribution in [3.8, 4) is 17.1 Å². The molecule has 0 aliphatic carbocycles. The van der Waals surface area contributed by atoms with Gasteiger partial charge in [0, 0.05) is 10.0 Å². The molecule has 0 bridgehead atoms. The van der Waals surface area contributed by atoms with E-state index in [1.54, 1.807) is 24.3 Å². The van der Waals surface area contributed by atoms with Crippen LogP contribution in [0, 0.1) is 0 Å². The van der Waals surface area contributed by atoms with Crippen molar-refractivity contribution in [3.05, 3.63) is 64.5 Å². The molecule has 25 heavy (non-hydrogen) atoms. The van der Waals surface area contributed by atoms with Crippen LogP contribution in [-0.4, -0.2) is 22.7 Å². The zero-order valence-electron chi connectivity index (χ0n) is 13.4. The molecule has 0 saturated heterocycles. The minimum atomic E-state index is -0.467. The number of rotatable bonds is 6. The fourth-order valence-electron chi connectivity index (χ4n) is 2.12. The number of nitrogens with zero attached hydrogens (tertiary/aromatic N) is 2. The van der Waals surface area contributed by atoms with E-state index in [1.807, 2.05) is 31.2 Å². The fourth-order valence-corrected chi connectivity index (χ4v) is 2.52. The third-order valence-corrected chi connectivity index (χ3v) is 3.77. The van der Waals surface area contributed by atoms with Crippen molar-refractivity contribution < 1.29 is 18.8 Å². The molecule has 3 rings (SSSR count). The molecule has 0 unspecified atom stereocenters. The minimum Gasteiger partial charge on any atom is -0.494 e. The van der Waals surface area contributed by atoms with Crippen molar-refractivity contribution in [2.75, 3.05) is 6.61 Å². The molecule has 0 spiro atoms. The highest BCUT2D eigenvalue weighted by Gasteiger charge is 2.13. The quantitative estimate of drug-likeness (QED) is 0.573. The van der Waals surface area contributed by atoms with Gasteiger partial charge in [0.2, 0.25) is 5.82 Å². The Hall–Kier alpha value is -2.67. The second-order valence-electron chi connectivity index (χ2n) is 5.06. The van der Waals surface area contributed by atoms with Gasteiger partial charge in [0.1, 0.15) is 5.75 Å². The largest absolute Gasteiger partial charge is 0.494 e. The molecule has 0 N–H and O–H groups in total. The highest BCUT2D eigenvalue weighted by Crippen LogP contribution is 2.20. The number of benzene rings is 2. The number of halogens is 1. The van der Waals surface area contributed by atoms with Gasteiger partial charge in [0.25, 0.3) is 5.89 Å². The topological polar surface area (TPSA) is 74.5 Å². The summed E-state index contributed by atoms with van der Waals surface area (Å²) in [5.74, 6) is 0.905. The molecule has 0 radical (unpaired) electrons. The molecule has 1 heterocycles. The van der Waals surface area contributed by atoms with Crippen LogP contribution >= 0.6 is 15.9 Å².